The molecule has 3 N–H and O–H groups in total. The van der Waals surface area contributed by atoms with Crippen LogP contribution < -0.4 is 0 Å². The van der Waals surface area contributed by atoms with Gasteiger partial charge in [0.2, 0.25) is 0 Å². The van der Waals surface area contributed by atoms with Crippen LogP contribution in [0.25, 0.3) is 0 Å². The maximum absolute atomic E-state index is 12.2. The number of hydrogen-bond acceptors (Lipinski definition) is 7. The zero-order valence-electron chi connectivity index (χ0n) is 17.7. The Hall–Kier alpha value is -3.10. The number of phenols is 2. The van der Waals surface area contributed by atoms with Gasteiger partial charge >= 0.3 is 11.9 Å². The van der Waals surface area contributed by atoms with Gasteiger partial charge in [-0.3, -0.25) is 19.4 Å². The van der Waals surface area contributed by atoms with E-state index in [-0.39, 0.29) is 37.1 Å². The van der Waals surface area contributed by atoms with Crippen LogP contribution in [-0.2, 0) is 27.4 Å². The predicted molar refractivity (Wildman–Crippen MR) is 116 cm³/mol. The molecule has 0 bridgehead atoms. The number of aliphatic carboxylic acids is 1. The molecule has 0 aliphatic carbocycles. The first-order valence-corrected chi connectivity index (χ1v) is 10.2. The molecule has 0 aromatic heterocycles. The molecule has 0 atom stereocenters. The summed E-state index contributed by atoms with van der Waals surface area (Å²) in [6, 6.07) is 13.7. The van der Waals surface area contributed by atoms with Crippen molar-refractivity contribution < 1.29 is 29.6 Å². The highest BCUT2D eigenvalue weighted by Gasteiger charge is 2.18. The first-order valence-electron chi connectivity index (χ1n) is 10.2. The quantitative estimate of drug-likeness (QED) is 0.416. The molecular weight excluding hydrogens is 400 g/mol. The van der Waals surface area contributed by atoms with Gasteiger partial charge in [0.25, 0.3) is 0 Å². The normalized spacial score (nSPS) is 11.1. The molecule has 31 heavy (non-hydrogen) atoms. The zero-order valence-corrected chi connectivity index (χ0v) is 17.7. The molecule has 0 fully saturated rings. The van der Waals surface area contributed by atoms with Crippen molar-refractivity contribution in [1.29, 1.82) is 0 Å². The average molecular weight is 431 g/mol. The van der Waals surface area contributed by atoms with Gasteiger partial charge in [-0.1, -0.05) is 43.3 Å². The summed E-state index contributed by atoms with van der Waals surface area (Å²) >= 11 is 0. The highest BCUT2D eigenvalue weighted by atomic mass is 16.5. The number of rotatable bonds is 13. The van der Waals surface area contributed by atoms with Crippen LogP contribution in [0.4, 0.5) is 0 Å². The van der Waals surface area contributed by atoms with Gasteiger partial charge in [0.05, 0.1) is 19.7 Å². The second kappa shape index (κ2) is 12.6. The van der Waals surface area contributed by atoms with Gasteiger partial charge in [0, 0.05) is 37.3 Å². The second-order valence-electron chi connectivity index (χ2n) is 7.29. The number of nitrogens with zero attached hydrogens (tertiary/aromatic N) is 2. The van der Waals surface area contributed by atoms with Gasteiger partial charge in [-0.25, -0.2) is 0 Å². The summed E-state index contributed by atoms with van der Waals surface area (Å²) < 4.78 is 5.19. The molecule has 2 aromatic carbocycles. The number of esters is 1. The molecule has 168 valence electrons. The maximum atomic E-state index is 12.2. The first-order chi connectivity index (χ1) is 14.9. The van der Waals surface area contributed by atoms with Crippen LogP contribution >= 0.6 is 0 Å². The molecule has 2 rings (SSSR count). The van der Waals surface area contributed by atoms with E-state index in [0.717, 1.165) is 6.42 Å². The molecule has 0 aliphatic heterocycles. The lowest BCUT2D eigenvalue weighted by molar-refractivity contribution is -0.145. The molecule has 0 spiro atoms. The molecule has 2 aromatic rings. The summed E-state index contributed by atoms with van der Waals surface area (Å²) in [7, 11) is 0. The van der Waals surface area contributed by atoms with Crippen LogP contribution in [0.1, 0.15) is 24.5 Å². The topological polar surface area (TPSA) is 111 Å². The van der Waals surface area contributed by atoms with E-state index in [9.17, 15) is 24.9 Å². The van der Waals surface area contributed by atoms with Crippen molar-refractivity contribution in [2.75, 3.05) is 32.8 Å². The number of hydrogen-bond donors (Lipinski definition) is 3. The highest BCUT2D eigenvalue weighted by Crippen LogP contribution is 2.19. The Morgan fingerprint density at radius 1 is 0.839 bits per heavy atom. The summed E-state index contributed by atoms with van der Waals surface area (Å²) in [5.74, 6) is -1.12. The fourth-order valence-electron chi connectivity index (χ4n) is 3.12. The number of carboxylic acid groups (broad SMARTS) is 1. The third-order valence-corrected chi connectivity index (χ3v) is 4.68. The van der Waals surface area contributed by atoms with E-state index in [0.29, 0.717) is 37.4 Å². The minimum absolute atomic E-state index is 0.0197. The standard InChI is InChI=1S/C23H30N2O6/c1-2-13-31-23(30)17-25(15-19-8-4-6-10-21(19)27)12-11-24(16-22(28)29)14-18-7-3-5-9-20(18)26/h3-10,26-27H,2,11-17H2,1H3,(H,28,29). The number of carboxylic acids is 1. The molecule has 0 aliphatic rings. The van der Waals surface area contributed by atoms with Gasteiger partial charge in [-0.15, -0.1) is 0 Å². The van der Waals surface area contributed by atoms with E-state index in [4.69, 9.17) is 4.74 Å². The number of benzene rings is 2. The molecule has 8 heteroatoms. The molecule has 0 saturated carbocycles. The Balaban J connectivity index is 2.09. The van der Waals surface area contributed by atoms with Crippen LogP contribution in [0.5, 0.6) is 11.5 Å². The molecule has 0 unspecified atom stereocenters. The van der Waals surface area contributed by atoms with Gasteiger partial charge in [-0.2, -0.15) is 0 Å². The number of aromatic hydroxyl groups is 2. The Morgan fingerprint density at radius 3 is 1.77 bits per heavy atom. The third kappa shape index (κ3) is 8.65. The first kappa shape index (κ1) is 24.2. The predicted octanol–water partition coefficient (Wildman–Crippen LogP) is 2.44. The fourth-order valence-corrected chi connectivity index (χ4v) is 3.12. The van der Waals surface area contributed by atoms with Crippen molar-refractivity contribution in [3.05, 3.63) is 59.7 Å². The van der Waals surface area contributed by atoms with Crippen LogP contribution in [0.15, 0.2) is 48.5 Å². The van der Waals surface area contributed by atoms with Crippen LogP contribution in [-0.4, -0.2) is 69.8 Å². The Morgan fingerprint density at radius 2 is 1.32 bits per heavy atom. The molecule has 8 nitrogen and oxygen atoms in total. The Bertz CT molecular complexity index is 857. The third-order valence-electron chi connectivity index (χ3n) is 4.68. The summed E-state index contributed by atoms with van der Waals surface area (Å²) in [5, 5.41) is 29.4. The molecular formula is C23H30N2O6. The van der Waals surface area contributed by atoms with Gasteiger partial charge in [0.15, 0.2) is 0 Å². The van der Waals surface area contributed by atoms with Gasteiger partial charge < -0.3 is 20.1 Å². The lowest BCUT2D eigenvalue weighted by atomic mass is 10.1. The molecule has 0 radical (unpaired) electrons. The van der Waals surface area contributed by atoms with E-state index in [2.05, 4.69) is 0 Å². The summed E-state index contributed by atoms with van der Waals surface area (Å²) in [4.78, 5) is 27.0. The van der Waals surface area contributed by atoms with Crippen molar-refractivity contribution in [2.24, 2.45) is 0 Å². The van der Waals surface area contributed by atoms with Crippen LogP contribution in [0, 0.1) is 0 Å². The SMILES string of the molecule is CCCOC(=O)CN(CCN(CC(=O)O)Cc1ccccc1O)Cc1ccccc1O. The van der Waals surface area contributed by atoms with E-state index in [1.165, 1.54) is 0 Å². The number of para-hydroxylation sites is 2. The number of ether oxygens (including phenoxy) is 1. The van der Waals surface area contributed by atoms with E-state index < -0.39 is 5.97 Å². The second-order valence-corrected chi connectivity index (χ2v) is 7.29. The van der Waals surface area contributed by atoms with Crippen molar-refractivity contribution >= 4 is 11.9 Å². The lowest BCUT2D eigenvalue weighted by Gasteiger charge is -2.27. The largest absolute Gasteiger partial charge is 0.508 e. The molecule has 0 amide bonds. The molecule has 0 heterocycles. The van der Waals surface area contributed by atoms with Crippen LogP contribution in [0.2, 0.25) is 0 Å². The zero-order chi connectivity index (χ0) is 22.6. The number of phenolic OH excluding ortho intramolecular Hbond substituents is 2. The summed E-state index contributed by atoms with van der Waals surface area (Å²) in [6.07, 6.45) is 0.720. The Kier molecular flexibility index (Phi) is 9.80. The minimum Gasteiger partial charge on any atom is -0.508 e. The van der Waals surface area contributed by atoms with Gasteiger partial charge in [-0.05, 0) is 18.6 Å². The van der Waals surface area contributed by atoms with E-state index >= 15 is 0 Å². The smallest absolute Gasteiger partial charge is 0.320 e. The minimum atomic E-state index is -0.981. The van der Waals surface area contributed by atoms with Crippen molar-refractivity contribution in [3.63, 3.8) is 0 Å². The lowest BCUT2D eigenvalue weighted by Crippen LogP contribution is -2.39. The number of carbonyl (C=O) groups excluding carboxylic acids is 1. The number of carbonyl (C=O) groups is 2. The van der Waals surface area contributed by atoms with Crippen molar-refractivity contribution in [3.8, 4) is 11.5 Å². The molecule has 0 saturated heterocycles. The fraction of sp³-hybridized carbons (Fsp3) is 0.391. The van der Waals surface area contributed by atoms with Crippen molar-refractivity contribution in [2.45, 2.75) is 26.4 Å². The monoisotopic (exact) mass is 430 g/mol. The average Bonchev–Trinajstić information content (AvgIpc) is 2.73. The highest BCUT2D eigenvalue weighted by molar-refractivity contribution is 5.71. The van der Waals surface area contributed by atoms with E-state index in [1.54, 1.807) is 53.4 Å². The summed E-state index contributed by atoms with van der Waals surface area (Å²) in [6.45, 7) is 3.34. The van der Waals surface area contributed by atoms with E-state index in [1.807, 2.05) is 11.8 Å². The van der Waals surface area contributed by atoms with Crippen LogP contribution in [0.3, 0.4) is 0 Å². The van der Waals surface area contributed by atoms with Crippen molar-refractivity contribution in [1.82, 2.24) is 9.80 Å². The van der Waals surface area contributed by atoms with Gasteiger partial charge in [0.1, 0.15) is 11.5 Å². The Labute approximate surface area is 182 Å². The summed E-state index contributed by atoms with van der Waals surface area (Å²) in [5.41, 5.74) is 1.29. The maximum Gasteiger partial charge on any atom is 0.320 e.